The molecule has 0 aliphatic carbocycles. The summed E-state index contributed by atoms with van der Waals surface area (Å²) in [6.07, 6.45) is 1.67. The molecule has 2 N–H and O–H groups in total. The molecule has 6 nitrogen and oxygen atoms in total. The van der Waals surface area contributed by atoms with Gasteiger partial charge in [0.15, 0.2) is 0 Å². The molecule has 0 radical (unpaired) electrons. The van der Waals surface area contributed by atoms with Crippen LogP contribution in [-0.2, 0) is 4.79 Å². The number of hydrogen-bond acceptors (Lipinski definition) is 5. The van der Waals surface area contributed by atoms with E-state index < -0.39 is 0 Å². The Hall–Kier alpha value is -3.55. The minimum atomic E-state index is -0.0359. The van der Waals surface area contributed by atoms with Gasteiger partial charge in [-0.25, -0.2) is 4.98 Å². The molecule has 7 heteroatoms. The summed E-state index contributed by atoms with van der Waals surface area (Å²) >= 11 is 1.68. The molecule has 35 heavy (non-hydrogen) atoms. The molecule has 178 valence electrons. The quantitative estimate of drug-likeness (QED) is 0.399. The summed E-state index contributed by atoms with van der Waals surface area (Å²) in [5.74, 6) is -0.0637. The molecular weight excluding hydrogens is 456 g/mol. The summed E-state index contributed by atoms with van der Waals surface area (Å²) in [5.41, 5.74) is 4.74. The number of aromatic nitrogens is 1. The lowest BCUT2D eigenvalue weighted by atomic mass is 10.0. The number of carbonyl (C=O) groups excluding carboxylic acids is 2. The summed E-state index contributed by atoms with van der Waals surface area (Å²) in [5, 5.41) is 7.09. The number of amides is 2. The third kappa shape index (κ3) is 5.75. The average Bonchev–Trinajstić information content (AvgIpc) is 3.29. The number of nitrogens with one attached hydrogen (secondary N) is 2. The van der Waals surface area contributed by atoms with Crippen LogP contribution in [0.1, 0.15) is 28.8 Å². The summed E-state index contributed by atoms with van der Waals surface area (Å²) in [7, 11) is 0. The van der Waals surface area contributed by atoms with Gasteiger partial charge in [-0.1, -0.05) is 24.3 Å². The predicted octanol–water partition coefficient (Wildman–Crippen LogP) is 5.10. The van der Waals surface area contributed by atoms with Crippen molar-refractivity contribution < 1.29 is 9.59 Å². The number of rotatable bonds is 6. The molecule has 0 saturated carbocycles. The van der Waals surface area contributed by atoms with Crippen LogP contribution in [0.2, 0.25) is 0 Å². The van der Waals surface area contributed by atoms with Gasteiger partial charge in [-0.15, -0.1) is 11.3 Å². The zero-order valence-electron chi connectivity index (χ0n) is 19.7. The summed E-state index contributed by atoms with van der Waals surface area (Å²) in [6.45, 7) is 3.99. The van der Waals surface area contributed by atoms with E-state index in [4.69, 9.17) is 4.98 Å². The lowest BCUT2D eigenvalue weighted by Crippen LogP contribution is -2.46. The number of piperidine rings is 1. The van der Waals surface area contributed by atoms with E-state index in [1.54, 1.807) is 11.3 Å². The maximum atomic E-state index is 12.6. The number of hydrogen-bond donors (Lipinski definition) is 2. The van der Waals surface area contributed by atoms with Crippen molar-refractivity contribution in [2.24, 2.45) is 0 Å². The molecule has 2 heterocycles. The van der Waals surface area contributed by atoms with Crippen molar-refractivity contribution in [1.82, 2.24) is 15.2 Å². The Labute approximate surface area is 209 Å². The van der Waals surface area contributed by atoms with E-state index in [0.29, 0.717) is 12.1 Å². The Kier molecular flexibility index (Phi) is 6.88. The predicted molar refractivity (Wildman–Crippen MR) is 142 cm³/mol. The molecule has 1 aromatic heterocycles. The van der Waals surface area contributed by atoms with Gasteiger partial charge in [-0.2, -0.15) is 0 Å². The molecule has 3 aromatic carbocycles. The van der Waals surface area contributed by atoms with Crippen molar-refractivity contribution in [2.45, 2.75) is 25.8 Å². The fraction of sp³-hybridized carbons (Fsp3) is 0.250. The number of fused-ring (bicyclic) bond motifs is 1. The number of carbonyl (C=O) groups is 2. The first-order chi connectivity index (χ1) is 17.0. The van der Waals surface area contributed by atoms with Gasteiger partial charge in [0.05, 0.1) is 16.8 Å². The van der Waals surface area contributed by atoms with E-state index in [0.717, 1.165) is 47.7 Å². The maximum absolute atomic E-state index is 12.6. The van der Waals surface area contributed by atoms with Crippen LogP contribution in [0.4, 0.5) is 5.69 Å². The standard InChI is InChI=1S/C28H28N4O2S/c1-19-7-12-24-25(17-19)35-28(31-24)21-8-10-22(11-9-21)29-26(33)18-32-15-13-23(14-16-32)30-27(34)20-5-3-2-4-6-20/h2-12,17,23H,13-16,18H2,1H3,(H,29,33)(H,30,34). The normalized spacial score (nSPS) is 14.7. The first kappa shape index (κ1) is 23.2. The average molecular weight is 485 g/mol. The number of benzene rings is 3. The van der Waals surface area contributed by atoms with E-state index in [2.05, 4.69) is 40.7 Å². The number of thiazole rings is 1. The highest BCUT2D eigenvalue weighted by Crippen LogP contribution is 2.31. The second kappa shape index (κ2) is 10.4. The largest absolute Gasteiger partial charge is 0.349 e. The van der Waals surface area contributed by atoms with Crippen molar-refractivity contribution in [3.05, 3.63) is 83.9 Å². The SMILES string of the molecule is Cc1ccc2nc(-c3ccc(NC(=O)CN4CCC(NC(=O)c5ccccc5)CC4)cc3)sc2c1. The van der Waals surface area contributed by atoms with Crippen molar-refractivity contribution in [1.29, 1.82) is 0 Å². The topological polar surface area (TPSA) is 74.3 Å². The van der Waals surface area contributed by atoms with E-state index in [1.807, 2.05) is 54.6 Å². The van der Waals surface area contributed by atoms with E-state index in [9.17, 15) is 9.59 Å². The highest BCUT2D eigenvalue weighted by Gasteiger charge is 2.22. The summed E-state index contributed by atoms with van der Waals surface area (Å²) in [4.78, 5) is 31.8. The second-order valence-electron chi connectivity index (χ2n) is 9.01. The zero-order chi connectivity index (χ0) is 24.2. The molecule has 0 unspecified atom stereocenters. The van der Waals surface area contributed by atoms with Gasteiger partial charge in [0.25, 0.3) is 5.91 Å². The first-order valence-electron chi connectivity index (χ1n) is 11.9. The molecule has 1 aliphatic heterocycles. The van der Waals surface area contributed by atoms with Crippen LogP contribution in [-0.4, -0.2) is 47.4 Å². The fourth-order valence-electron chi connectivity index (χ4n) is 4.35. The number of likely N-dealkylation sites (tertiary alicyclic amines) is 1. The lowest BCUT2D eigenvalue weighted by Gasteiger charge is -2.31. The van der Waals surface area contributed by atoms with Gasteiger partial charge < -0.3 is 10.6 Å². The highest BCUT2D eigenvalue weighted by atomic mass is 32.1. The Morgan fingerprint density at radius 1 is 1.00 bits per heavy atom. The molecule has 2 amide bonds. The monoisotopic (exact) mass is 484 g/mol. The van der Waals surface area contributed by atoms with Gasteiger partial charge in [0, 0.05) is 35.9 Å². The van der Waals surface area contributed by atoms with Gasteiger partial charge in [-0.3, -0.25) is 14.5 Å². The van der Waals surface area contributed by atoms with Crippen LogP contribution in [0.3, 0.4) is 0 Å². The minimum absolute atomic E-state index is 0.0278. The molecule has 0 bridgehead atoms. The minimum Gasteiger partial charge on any atom is -0.349 e. The van der Waals surface area contributed by atoms with Gasteiger partial charge in [0.2, 0.25) is 5.91 Å². The van der Waals surface area contributed by atoms with E-state index in [-0.39, 0.29) is 17.9 Å². The molecule has 4 aromatic rings. The van der Waals surface area contributed by atoms with Crippen LogP contribution < -0.4 is 10.6 Å². The first-order valence-corrected chi connectivity index (χ1v) is 12.7. The van der Waals surface area contributed by atoms with Crippen molar-refractivity contribution in [2.75, 3.05) is 25.0 Å². The third-order valence-corrected chi connectivity index (χ3v) is 7.35. The molecule has 0 atom stereocenters. The second-order valence-corrected chi connectivity index (χ2v) is 10.0. The Morgan fingerprint density at radius 2 is 1.74 bits per heavy atom. The number of aryl methyl sites for hydroxylation is 1. The molecule has 1 fully saturated rings. The highest BCUT2D eigenvalue weighted by molar-refractivity contribution is 7.21. The molecule has 1 saturated heterocycles. The van der Waals surface area contributed by atoms with Gasteiger partial charge in [0.1, 0.15) is 5.01 Å². The maximum Gasteiger partial charge on any atom is 0.251 e. The molecule has 0 spiro atoms. The van der Waals surface area contributed by atoms with Crippen LogP contribution in [0.5, 0.6) is 0 Å². The lowest BCUT2D eigenvalue weighted by molar-refractivity contribution is -0.117. The van der Waals surface area contributed by atoms with Crippen LogP contribution in [0, 0.1) is 6.92 Å². The third-order valence-electron chi connectivity index (χ3n) is 6.29. The van der Waals surface area contributed by atoms with Crippen LogP contribution in [0.15, 0.2) is 72.8 Å². The van der Waals surface area contributed by atoms with Gasteiger partial charge in [-0.05, 0) is 73.9 Å². The van der Waals surface area contributed by atoms with Crippen LogP contribution in [0.25, 0.3) is 20.8 Å². The molecular formula is C28H28N4O2S. The number of anilines is 1. The van der Waals surface area contributed by atoms with Crippen molar-refractivity contribution >= 4 is 39.1 Å². The Balaban J connectivity index is 1.10. The number of nitrogens with zero attached hydrogens (tertiary/aromatic N) is 2. The fourth-order valence-corrected chi connectivity index (χ4v) is 5.42. The van der Waals surface area contributed by atoms with E-state index >= 15 is 0 Å². The summed E-state index contributed by atoms with van der Waals surface area (Å²) < 4.78 is 1.18. The summed E-state index contributed by atoms with van der Waals surface area (Å²) in [6, 6.07) is 23.6. The molecule has 1 aliphatic rings. The molecule has 5 rings (SSSR count). The van der Waals surface area contributed by atoms with E-state index in [1.165, 1.54) is 10.3 Å². The van der Waals surface area contributed by atoms with Gasteiger partial charge >= 0.3 is 0 Å². The van der Waals surface area contributed by atoms with Crippen molar-refractivity contribution in [3.63, 3.8) is 0 Å². The van der Waals surface area contributed by atoms with Crippen LogP contribution >= 0.6 is 11.3 Å². The Morgan fingerprint density at radius 3 is 2.49 bits per heavy atom. The zero-order valence-corrected chi connectivity index (χ0v) is 20.5. The Bertz CT molecular complexity index is 1330. The van der Waals surface area contributed by atoms with Crippen molar-refractivity contribution in [3.8, 4) is 10.6 Å². The smallest absolute Gasteiger partial charge is 0.251 e.